The minimum atomic E-state index is 0.897. The summed E-state index contributed by atoms with van der Waals surface area (Å²) in [5, 5.41) is 0. The summed E-state index contributed by atoms with van der Waals surface area (Å²) in [6, 6.07) is 0. The molecule has 0 aromatic rings. The smallest absolute Gasteiger partial charge is 0.0276 e. The number of hydrogen-bond acceptors (Lipinski definition) is 0. The van der Waals surface area contributed by atoms with E-state index in [9.17, 15) is 0 Å². The Morgan fingerprint density at radius 2 is 2.50 bits per heavy atom. The molecular weight excluding hydrogens is 96.1 g/mol. The molecule has 0 radical (unpaired) electrons. The molecule has 40 valence electrons. The Morgan fingerprint density at radius 3 is 3.38 bits per heavy atom. The zero-order valence-electron chi connectivity index (χ0n) is 4.94. The van der Waals surface area contributed by atoms with Crippen molar-refractivity contribution < 1.29 is 0 Å². The minimum Gasteiger partial charge on any atom is -0.0943 e. The molecule has 0 heteroatoms. The summed E-state index contributed by atoms with van der Waals surface area (Å²) in [4.78, 5) is 0. The first-order valence-electron chi connectivity index (χ1n) is 2.71. The fourth-order valence-electron chi connectivity index (χ4n) is 0.576. The van der Waals surface area contributed by atoms with Gasteiger partial charge in [-0.25, -0.2) is 0 Å². The summed E-state index contributed by atoms with van der Waals surface area (Å²) in [6.45, 7) is 2.05. The topological polar surface area (TPSA) is 0 Å². The maximum atomic E-state index is 2.96. The molecule has 0 aromatic heterocycles. The van der Waals surface area contributed by atoms with Gasteiger partial charge in [0.2, 0.25) is 0 Å². The average Bonchev–Trinajstić information content (AvgIpc) is 1.94. The van der Waals surface area contributed by atoms with Crippen LogP contribution in [0.2, 0.25) is 0 Å². The first-order chi connectivity index (χ1) is 3.89. The van der Waals surface area contributed by atoms with Crippen molar-refractivity contribution in [1.82, 2.24) is 0 Å². The van der Waals surface area contributed by atoms with E-state index in [1.54, 1.807) is 0 Å². The molecule has 0 amide bonds. The molecule has 0 fully saturated rings. The predicted octanol–water partition coefficient (Wildman–Crippen LogP) is 1.90. The Kier molecular flexibility index (Phi) is 1.54. The van der Waals surface area contributed by atoms with Crippen molar-refractivity contribution in [3.05, 3.63) is 23.8 Å². The lowest BCUT2D eigenvalue weighted by Crippen LogP contribution is -1.60. The fourth-order valence-corrected chi connectivity index (χ4v) is 0.576. The Hall–Kier alpha value is -0.960. The summed E-state index contributed by atoms with van der Waals surface area (Å²) < 4.78 is 0. The summed E-state index contributed by atoms with van der Waals surface area (Å²) >= 11 is 0. The van der Waals surface area contributed by atoms with Crippen LogP contribution in [0.5, 0.6) is 0 Å². The Balaban J connectivity index is 2.79. The van der Waals surface area contributed by atoms with Gasteiger partial charge in [0.25, 0.3) is 0 Å². The summed E-state index contributed by atoms with van der Waals surface area (Å²) in [7, 11) is 0. The molecular formula is C8H8. The number of allylic oxidation sites excluding steroid dienone is 4. The van der Waals surface area contributed by atoms with Crippen LogP contribution in [0.4, 0.5) is 0 Å². The van der Waals surface area contributed by atoms with Gasteiger partial charge < -0.3 is 0 Å². The molecule has 1 rings (SSSR count). The van der Waals surface area contributed by atoms with Crippen molar-refractivity contribution in [3.8, 4) is 11.8 Å². The first kappa shape index (κ1) is 5.18. The van der Waals surface area contributed by atoms with Crippen LogP contribution in [-0.4, -0.2) is 0 Å². The van der Waals surface area contributed by atoms with Gasteiger partial charge in [-0.2, -0.15) is 0 Å². The molecule has 0 aliphatic heterocycles. The van der Waals surface area contributed by atoms with E-state index in [1.165, 1.54) is 5.57 Å². The second-order valence-corrected chi connectivity index (χ2v) is 1.82. The Bertz CT molecular complexity index is 184. The zero-order chi connectivity index (χ0) is 5.82. The third kappa shape index (κ3) is 1.27. The highest BCUT2D eigenvalue weighted by Crippen LogP contribution is 1.97. The molecule has 1 aliphatic carbocycles. The van der Waals surface area contributed by atoms with E-state index in [1.807, 2.05) is 6.08 Å². The average molecular weight is 104 g/mol. The van der Waals surface area contributed by atoms with Gasteiger partial charge in [-0.15, -0.1) is 0 Å². The van der Waals surface area contributed by atoms with E-state index in [2.05, 4.69) is 30.9 Å². The van der Waals surface area contributed by atoms with Crippen LogP contribution in [0.3, 0.4) is 0 Å². The van der Waals surface area contributed by atoms with Gasteiger partial charge in [-0.1, -0.05) is 24.0 Å². The number of rotatable bonds is 0. The van der Waals surface area contributed by atoms with E-state index in [-0.39, 0.29) is 0 Å². The molecule has 0 nitrogen and oxygen atoms in total. The van der Waals surface area contributed by atoms with Crippen LogP contribution >= 0.6 is 0 Å². The highest BCUT2D eigenvalue weighted by molar-refractivity contribution is 5.31. The van der Waals surface area contributed by atoms with Crippen LogP contribution in [0.25, 0.3) is 0 Å². The molecule has 0 saturated heterocycles. The molecule has 8 heavy (non-hydrogen) atoms. The number of hydrogen-bond donors (Lipinski definition) is 0. The van der Waals surface area contributed by atoms with Crippen molar-refractivity contribution in [1.29, 1.82) is 0 Å². The van der Waals surface area contributed by atoms with Gasteiger partial charge in [-0.05, 0) is 18.6 Å². The van der Waals surface area contributed by atoms with Gasteiger partial charge >= 0.3 is 0 Å². The highest BCUT2D eigenvalue weighted by Gasteiger charge is 1.79. The summed E-state index contributed by atoms with van der Waals surface area (Å²) in [5.74, 6) is 5.89. The van der Waals surface area contributed by atoms with E-state index >= 15 is 0 Å². The van der Waals surface area contributed by atoms with Crippen molar-refractivity contribution >= 4 is 0 Å². The molecule has 1 aliphatic rings. The molecule has 0 aromatic carbocycles. The summed E-state index contributed by atoms with van der Waals surface area (Å²) in [5.41, 5.74) is 1.25. The molecule has 0 bridgehead atoms. The van der Waals surface area contributed by atoms with Crippen molar-refractivity contribution in [2.75, 3.05) is 0 Å². The lowest BCUT2D eigenvalue weighted by molar-refractivity contribution is 1.44. The molecule has 0 atom stereocenters. The van der Waals surface area contributed by atoms with Crippen LogP contribution in [0, 0.1) is 11.8 Å². The van der Waals surface area contributed by atoms with Gasteiger partial charge in [0.1, 0.15) is 0 Å². The largest absolute Gasteiger partial charge is 0.0943 e. The van der Waals surface area contributed by atoms with Gasteiger partial charge in [-0.3, -0.25) is 0 Å². The van der Waals surface area contributed by atoms with Crippen molar-refractivity contribution in [2.24, 2.45) is 0 Å². The lowest BCUT2D eigenvalue weighted by atomic mass is 10.3. The van der Waals surface area contributed by atoms with E-state index in [4.69, 9.17) is 0 Å². The molecule has 0 N–H and O–H groups in total. The zero-order valence-corrected chi connectivity index (χ0v) is 4.94. The molecule has 0 spiro atoms. The van der Waals surface area contributed by atoms with Crippen molar-refractivity contribution in [3.63, 3.8) is 0 Å². The second-order valence-electron chi connectivity index (χ2n) is 1.82. The van der Waals surface area contributed by atoms with Crippen LogP contribution < -0.4 is 0 Å². The Morgan fingerprint density at radius 1 is 1.62 bits per heavy atom. The molecule has 0 heterocycles. The molecule has 0 saturated carbocycles. The van der Waals surface area contributed by atoms with Crippen LogP contribution in [0.15, 0.2) is 23.8 Å². The third-order valence-electron chi connectivity index (χ3n) is 1.00. The normalized spacial score (nSPS) is 15.9. The molecule has 0 unspecified atom stereocenters. The van der Waals surface area contributed by atoms with Gasteiger partial charge in [0, 0.05) is 6.42 Å². The standard InChI is InChI=1S/C8H8/c1-8-6-4-2-3-5-7-8/h4,6-7H,2H2,1H3. The van der Waals surface area contributed by atoms with E-state index in [0.29, 0.717) is 0 Å². The van der Waals surface area contributed by atoms with Crippen molar-refractivity contribution in [2.45, 2.75) is 13.3 Å². The van der Waals surface area contributed by atoms with Gasteiger partial charge in [0.15, 0.2) is 0 Å². The SMILES string of the molecule is CC1=CC#CCC=C1. The lowest BCUT2D eigenvalue weighted by Gasteiger charge is -1.80. The predicted molar refractivity (Wildman–Crippen MR) is 35.3 cm³/mol. The summed E-state index contributed by atoms with van der Waals surface area (Å²) in [6.07, 6.45) is 6.98. The quantitative estimate of drug-likeness (QED) is 0.412. The fraction of sp³-hybridized carbons (Fsp3) is 0.250. The van der Waals surface area contributed by atoms with Crippen LogP contribution in [-0.2, 0) is 0 Å². The van der Waals surface area contributed by atoms with E-state index in [0.717, 1.165) is 6.42 Å². The van der Waals surface area contributed by atoms with E-state index < -0.39 is 0 Å². The minimum absolute atomic E-state index is 0.897. The Labute approximate surface area is 49.9 Å². The van der Waals surface area contributed by atoms with Crippen LogP contribution in [0.1, 0.15) is 13.3 Å². The highest BCUT2D eigenvalue weighted by atomic mass is 13.8. The van der Waals surface area contributed by atoms with Gasteiger partial charge in [0.05, 0.1) is 0 Å². The third-order valence-corrected chi connectivity index (χ3v) is 1.00. The first-order valence-corrected chi connectivity index (χ1v) is 2.71. The maximum absolute atomic E-state index is 2.96. The second kappa shape index (κ2) is 2.37. The monoisotopic (exact) mass is 104 g/mol. The maximum Gasteiger partial charge on any atom is 0.0276 e.